The molecule has 4 nitrogen and oxygen atoms in total. The van der Waals surface area contributed by atoms with Gasteiger partial charge in [0.1, 0.15) is 5.52 Å². The van der Waals surface area contributed by atoms with Crippen molar-refractivity contribution in [3.8, 4) is 11.5 Å². The van der Waals surface area contributed by atoms with Crippen LogP contribution in [-0.2, 0) is 13.5 Å². The van der Waals surface area contributed by atoms with E-state index < -0.39 is 0 Å². The lowest BCUT2D eigenvalue weighted by molar-refractivity contribution is 0.619. The van der Waals surface area contributed by atoms with Gasteiger partial charge in [-0.3, -0.25) is 4.68 Å². The van der Waals surface area contributed by atoms with Crippen molar-refractivity contribution in [2.24, 2.45) is 7.05 Å². The maximum Gasteiger partial charge on any atom is 0.230 e. The lowest BCUT2D eigenvalue weighted by atomic mass is 10.1. The van der Waals surface area contributed by atoms with Crippen molar-refractivity contribution in [2.45, 2.75) is 13.3 Å². The van der Waals surface area contributed by atoms with Crippen LogP contribution >= 0.6 is 0 Å². The molecule has 0 unspecified atom stereocenters. The molecule has 0 aliphatic carbocycles. The lowest BCUT2D eigenvalue weighted by Crippen LogP contribution is -1.84. The van der Waals surface area contributed by atoms with E-state index in [1.54, 1.807) is 10.9 Å². The molecule has 0 fully saturated rings. The van der Waals surface area contributed by atoms with E-state index in [0.717, 1.165) is 23.1 Å². The minimum atomic E-state index is 0.626. The largest absolute Gasteiger partial charge is 0.436 e. The van der Waals surface area contributed by atoms with Gasteiger partial charge in [0.25, 0.3) is 0 Å². The van der Waals surface area contributed by atoms with Crippen molar-refractivity contribution in [1.82, 2.24) is 14.8 Å². The second-order valence-corrected chi connectivity index (χ2v) is 4.08. The molecule has 1 aromatic carbocycles. The van der Waals surface area contributed by atoms with Crippen LogP contribution in [0, 0.1) is 0 Å². The van der Waals surface area contributed by atoms with Gasteiger partial charge in [-0.05, 0) is 24.1 Å². The van der Waals surface area contributed by atoms with Crippen molar-refractivity contribution < 1.29 is 4.42 Å². The first kappa shape index (κ1) is 10.1. The molecule has 4 heteroatoms. The van der Waals surface area contributed by atoms with E-state index in [9.17, 15) is 0 Å². The zero-order valence-corrected chi connectivity index (χ0v) is 9.84. The van der Waals surface area contributed by atoms with Crippen molar-refractivity contribution >= 4 is 11.1 Å². The Labute approximate surface area is 98.9 Å². The number of aryl methyl sites for hydroxylation is 2. The molecule has 0 spiro atoms. The summed E-state index contributed by atoms with van der Waals surface area (Å²) in [6.07, 6.45) is 4.65. The Morgan fingerprint density at radius 3 is 2.94 bits per heavy atom. The smallest absolute Gasteiger partial charge is 0.230 e. The summed E-state index contributed by atoms with van der Waals surface area (Å²) in [5.74, 6) is 0.626. The van der Waals surface area contributed by atoms with Gasteiger partial charge in [-0.15, -0.1) is 0 Å². The monoisotopic (exact) mass is 227 g/mol. The number of aromatic nitrogens is 3. The molecular formula is C13H13N3O. The van der Waals surface area contributed by atoms with Crippen LogP contribution in [0.25, 0.3) is 22.6 Å². The predicted molar refractivity (Wildman–Crippen MR) is 65.6 cm³/mol. The van der Waals surface area contributed by atoms with Crippen LogP contribution in [-0.4, -0.2) is 14.8 Å². The van der Waals surface area contributed by atoms with Gasteiger partial charge in [0.2, 0.25) is 5.89 Å². The topological polar surface area (TPSA) is 43.9 Å². The molecule has 0 amide bonds. The zero-order chi connectivity index (χ0) is 11.8. The molecule has 0 N–H and O–H groups in total. The third-order valence-electron chi connectivity index (χ3n) is 2.81. The highest BCUT2D eigenvalue weighted by molar-refractivity contribution is 5.76. The summed E-state index contributed by atoms with van der Waals surface area (Å²) in [5, 5.41) is 4.11. The first-order chi connectivity index (χ1) is 8.26. The van der Waals surface area contributed by atoms with Crippen LogP contribution < -0.4 is 0 Å². The van der Waals surface area contributed by atoms with Gasteiger partial charge in [-0.1, -0.05) is 13.0 Å². The highest BCUT2D eigenvalue weighted by Gasteiger charge is 2.09. The zero-order valence-electron chi connectivity index (χ0n) is 9.84. The van der Waals surface area contributed by atoms with Crippen molar-refractivity contribution in [3.63, 3.8) is 0 Å². The molecule has 0 saturated heterocycles. The molecule has 86 valence electrons. The van der Waals surface area contributed by atoms with E-state index in [1.807, 2.05) is 19.3 Å². The molecular weight excluding hydrogens is 214 g/mol. The maximum absolute atomic E-state index is 5.70. The molecule has 0 saturated carbocycles. The molecule has 3 aromatic rings. The highest BCUT2D eigenvalue weighted by Crippen LogP contribution is 2.24. The molecule has 0 bridgehead atoms. The van der Waals surface area contributed by atoms with E-state index in [0.29, 0.717) is 5.89 Å². The second kappa shape index (κ2) is 3.73. The van der Waals surface area contributed by atoms with Gasteiger partial charge in [0, 0.05) is 13.2 Å². The number of hydrogen-bond acceptors (Lipinski definition) is 3. The Balaban J connectivity index is 2.13. The van der Waals surface area contributed by atoms with Crippen LogP contribution in [0.2, 0.25) is 0 Å². The van der Waals surface area contributed by atoms with Gasteiger partial charge < -0.3 is 4.42 Å². The predicted octanol–water partition coefficient (Wildman–Crippen LogP) is 2.79. The molecule has 17 heavy (non-hydrogen) atoms. The molecule has 0 radical (unpaired) electrons. The van der Waals surface area contributed by atoms with Crippen molar-refractivity contribution in [2.75, 3.05) is 0 Å². The first-order valence-electron chi connectivity index (χ1n) is 5.65. The summed E-state index contributed by atoms with van der Waals surface area (Å²) in [7, 11) is 1.88. The summed E-state index contributed by atoms with van der Waals surface area (Å²) in [5.41, 5.74) is 3.90. The number of nitrogens with zero attached hydrogens (tertiary/aromatic N) is 3. The van der Waals surface area contributed by atoms with E-state index in [4.69, 9.17) is 4.42 Å². The third-order valence-corrected chi connectivity index (χ3v) is 2.81. The SMILES string of the molecule is CCc1ccc2oc(-c3cnn(C)c3)nc2c1. The molecule has 3 rings (SSSR count). The summed E-state index contributed by atoms with van der Waals surface area (Å²) in [6.45, 7) is 2.13. The summed E-state index contributed by atoms with van der Waals surface area (Å²) in [6, 6.07) is 6.11. The van der Waals surface area contributed by atoms with Gasteiger partial charge in [0.15, 0.2) is 5.58 Å². The summed E-state index contributed by atoms with van der Waals surface area (Å²) < 4.78 is 7.44. The first-order valence-corrected chi connectivity index (χ1v) is 5.65. The number of benzene rings is 1. The Morgan fingerprint density at radius 1 is 1.35 bits per heavy atom. The number of fused-ring (bicyclic) bond motifs is 1. The minimum absolute atomic E-state index is 0.626. The van der Waals surface area contributed by atoms with Crippen LogP contribution in [0.15, 0.2) is 35.0 Å². The third kappa shape index (κ3) is 1.71. The standard InChI is InChI=1S/C13H13N3O/c1-3-9-4-5-12-11(6-9)15-13(17-12)10-7-14-16(2)8-10/h4-8H,3H2,1-2H3. The van der Waals surface area contributed by atoms with Gasteiger partial charge in [0.05, 0.1) is 11.8 Å². The Hall–Kier alpha value is -2.10. The van der Waals surface area contributed by atoms with Crippen LogP contribution in [0.3, 0.4) is 0 Å². The van der Waals surface area contributed by atoms with Crippen LogP contribution in [0.1, 0.15) is 12.5 Å². The summed E-state index contributed by atoms with van der Waals surface area (Å²) in [4.78, 5) is 4.48. The Kier molecular flexibility index (Phi) is 2.21. The maximum atomic E-state index is 5.70. The van der Waals surface area contributed by atoms with E-state index >= 15 is 0 Å². The fraction of sp³-hybridized carbons (Fsp3) is 0.231. The fourth-order valence-corrected chi connectivity index (χ4v) is 1.85. The molecule has 0 aliphatic rings. The molecule has 0 aliphatic heterocycles. The average molecular weight is 227 g/mol. The molecule has 2 aromatic heterocycles. The number of hydrogen-bond donors (Lipinski definition) is 0. The van der Waals surface area contributed by atoms with Crippen molar-refractivity contribution in [1.29, 1.82) is 0 Å². The minimum Gasteiger partial charge on any atom is -0.436 e. The average Bonchev–Trinajstić information content (AvgIpc) is 2.93. The Bertz CT molecular complexity index is 666. The van der Waals surface area contributed by atoms with E-state index in [1.165, 1.54) is 5.56 Å². The lowest BCUT2D eigenvalue weighted by Gasteiger charge is -1.92. The Morgan fingerprint density at radius 2 is 2.24 bits per heavy atom. The van der Waals surface area contributed by atoms with Crippen molar-refractivity contribution in [3.05, 3.63) is 36.2 Å². The molecule has 0 atom stereocenters. The van der Waals surface area contributed by atoms with Gasteiger partial charge in [-0.2, -0.15) is 5.10 Å². The van der Waals surface area contributed by atoms with Gasteiger partial charge in [-0.25, -0.2) is 4.98 Å². The van der Waals surface area contributed by atoms with E-state index in [-0.39, 0.29) is 0 Å². The number of rotatable bonds is 2. The van der Waals surface area contributed by atoms with Crippen LogP contribution in [0.5, 0.6) is 0 Å². The molecule has 2 heterocycles. The number of oxazole rings is 1. The van der Waals surface area contributed by atoms with E-state index in [2.05, 4.69) is 29.1 Å². The highest BCUT2D eigenvalue weighted by atomic mass is 16.3. The fourth-order valence-electron chi connectivity index (χ4n) is 1.85. The summed E-state index contributed by atoms with van der Waals surface area (Å²) >= 11 is 0. The second-order valence-electron chi connectivity index (χ2n) is 4.08. The van der Waals surface area contributed by atoms with Gasteiger partial charge >= 0.3 is 0 Å². The quantitative estimate of drug-likeness (QED) is 0.676. The normalized spacial score (nSPS) is 11.2. The van der Waals surface area contributed by atoms with Crippen LogP contribution in [0.4, 0.5) is 0 Å².